The quantitative estimate of drug-likeness (QED) is 0.296. The average molecular weight is 527 g/mol. The van der Waals surface area contributed by atoms with Crippen LogP contribution in [0.5, 0.6) is 5.75 Å². The first-order chi connectivity index (χ1) is 17.8. The number of aryl methyl sites for hydroxylation is 1. The van der Waals surface area contributed by atoms with Crippen molar-refractivity contribution in [3.05, 3.63) is 87.9 Å². The zero-order valence-electron chi connectivity index (χ0n) is 20.5. The Bertz CT molecular complexity index is 1280. The van der Waals surface area contributed by atoms with Gasteiger partial charge < -0.3 is 20.5 Å². The van der Waals surface area contributed by atoms with Gasteiger partial charge in [-0.1, -0.05) is 49.1 Å². The molecular formula is C29H29ClF2N2O3. The zero-order valence-corrected chi connectivity index (χ0v) is 21.2. The highest BCUT2D eigenvalue weighted by Gasteiger charge is 2.49. The monoisotopic (exact) mass is 526 g/mol. The lowest BCUT2D eigenvalue weighted by atomic mass is 9.72. The van der Waals surface area contributed by atoms with E-state index in [9.17, 15) is 18.7 Å². The molecule has 2 aliphatic rings. The van der Waals surface area contributed by atoms with Gasteiger partial charge in [0.15, 0.2) is 11.6 Å². The number of hydrogen-bond acceptors (Lipinski definition) is 4. The Morgan fingerprint density at radius 3 is 2.24 bits per heavy atom. The van der Waals surface area contributed by atoms with Crippen LogP contribution in [0.25, 0.3) is 0 Å². The number of fused-ring (bicyclic) bond motifs is 1. The van der Waals surface area contributed by atoms with Crippen LogP contribution in [0.4, 0.5) is 20.2 Å². The molecule has 1 saturated carbocycles. The molecule has 8 heteroatoms. The summed E-state index contributed by atoms with van der Waals surface area (Å²) in [5.41, 5.74) is 1.86. The second-order valence-corrected chi connectivity index (χ2v) is 10.4. The van der Waals surface area contributed by atoms with Crippen LogP contribution in [0, 0.1) is 30.4 Å². The Hall–Kier alpha value is -3.32. The molecule has 1 aliphatic heterocycles. The van der Waals surface area contributed by atoms with Crippen molar-refractivity contribution in [2.45, 2.75) is 44.7 Å². The van der Waals surface area contributed by atoms with Gasteiger partial charge in [-0.15, -0.1) is 0 Å². The number of carboxylic acid groups (broad SMARTS) is 1. The number of ether oxygens (including phenoxy) is 1. The van der Waals surface area contributed by atoms with Crippen molar-refractivity contribution in [3.63, 3.8) is 0 Å². The summed E-state index contributed by atoms with van der Waals surface area (Å²) in [6.07, 6.45) is 5.30. The number of rotatable bonds is 7. The summed E-state index contributed by atoms with van der Waals surface area (Å²) in [6, 6.07) is 14.6. The van der Waals surface area contributed by atoms with Crippen LogP contribution < -0.4 is 15.4 Å². The average Bonchev–Trinajstić information content (AvgIpc) is 3.25. The van der Waals surface area contributed by atoms with Crippen molar-refractivity contribution >= 4 is 28.9 Å². The van der Waals surface area contributed by atoms with Crippen LogP contribution in [-0.4, -0.2) is 17.7 Å². The molecule has 3 aromatic rings. The molecule has 0 bridgehead atoms. The highest BCUT2D eigenvalue weighted by Crippen LogP contribution is 2.49. The van der Waals surface area contributed by atoms with Crippen LogP contribution in [-0.2, 0) is 5.66 Å². The molecule has 1 atom stereocenters. The molecule has 3 aromatic carbocycles. The molecule has 37 heavy (non-hydrogen) atoms. The fourth-order valence-electron chi connectivity index (χ4n) is 5.69. The Labute approximate surface area is 219 Å². The third kappa shape index (κ3) is 4.97. The minimum Gasteiger partial charge on any atom is -0.493 e. The van der Waals surface area contributed by atoms with Crippen LogP contribution in [0.2, 0.25) is 5.02 Å². The summed E-state index contributed by atoms with van der Waals surface area (Å²) in [4.78, 5) is 11.6. The summed E-state index contributed by atoms with van der Waals surface area (Å²) in [5.74, 6) is -2.29. The van der Waals surface area contributed by atoms with Gasteiger partial charge in [-0.2, -0.15) is 0 Å². The normalized spacial score (nSPS) is 17.4. The van der Waals surface area contributed by atoms with Crippen molar-refractivity contribution < 1.29 is 23.4 Å². The van der Waals surface area contributed by atoms with Gasteiger partial charge in [0.1, 0.15) is 11.4 Å². The lowest BCUT2D eigenvalue weighted by molar-refractivity contribution is 0.0695. The lowest BCUT2D eigenvalue weighted by Crippen LogP contribution is -2.51. The molecule has 1 unspecified atom stereocenters. The van der Waals surface area contributed by atoms with Crippen molar-refractivity contribution in [1.82, 2.24) is 0 Å². The number of anilines is 2. The highest BCUT2D eigenvalue weighted by molar-refractivity contribution is 6.30. The summed E-state index contributed by atoms with van der Waals surface area (Å²) in [7, 11) is 0. The maximum atomic E-state index is 14.2. The molecule has 0 radical (unpaired) electrons. The number of nitrogens with one attached hydrogen (secondary N) is 2. The minimum atomic E-state index is -1.02. The van der Waals surface area contributed by atoms with E-state index in [-0.39, 0.29) is 24.0 Å². The van der Waals surface area contributed by atoms with E-state index in [0.717, 1.165) is 43.2 Å². The third-order valence-corrected chi connectivity index (χ3v) is 7.90. The second-order valence-electron chi connectivity index (χ2n) is 9.98. The first-order valence-corrected chi connectivity index (χ1v) is 12.9. The van der Waals surface area contributed by atoms with Crippen molar-refractivity contribution in [3.8, 4) is 5.75 Å². The number of halogens is 3. The minimum absolute atomic E-state index is 0.151. The topological polar surface area (TPSA) is 70.6 Å². The van der Waals surface area contributed by atoms with Gasteiger partial charge in [0.2, 0.25) is 0 Å². The maximum Gasteiger partial charge on any atom is 0.335 e. The number of carboxylic acids is 1. The van der Waals surface area contributed by atoms with E-state index < -0.39 is 23.3 Å². The molecule has 1 heterocycles. The van der Waals surface area contributed by atoms with Gasteiger partial charge in [-0.05, 0) is 61.1 Å². The number of hydrogen-bond donors (Lipinski definition) is 3. The second kappa shape index (κ2) is 10.2. The van der Waals surface area contributed by atoms with E-state index in [1.807, 2.05) is 19.1 Å². The number of carbonyl (C=O) groups is 1. The highest BCUT2D eigenvalue weighted by atomic mass is 35.5. The standard InChI is InChI=1S/C29H29ClF2N2O3/c1-17-7-8-19(28(35)36)13-27(17)37-16-22(18-5-3-2-4-6-18)29(20-9-11-21(30)12-10-20)33-25-14-23(31)24(32)15-26(25)34-29/h7-15,18,22,33-34H,2-6,16H2,1H3,(H,35,36). The van der Waals surface area contributed by atoms with E-state index in [4.69, 9.17) is 16.3 Å². The van der Waals surface area contributed by atoms with E-state index in [2.05, 4.69) is 10.6 Å². The summed E-state index contributed by atoms with van der Waals surface area (Å²) in [6.45, 7) is 2.13. The molecule has 1 aliphatic carbocycles. The Balaban J connectivity index is 1.57. The van der Waals surface area contributed by atoms with Gasteiger partial charge in [-0.3, -0.25) is 0 Å². The largest absolute Gasteiger partial charge is 0.493 e. The van der Waals surface area contributed by atoms with Crippen LogP contribution in [0.3, 0.4) is 0 Å². The number of aromatic carboxylic acids is 1. The molecular weight excluding hydrogens is 498 g/mol. The summed E-state index contributed by atoms with van der Waals surface area (Å²) in [5, 5.41) is 17.0. The Morgan fingerprint density at radius 1 is 1.03 bits per heavy atom. The first kappa shape index (κ1) is 25.3. The van der Waals surface area contributed by atoms with E-state index in [1.165, 1.54) is 12.1 Å². The van der Waals surface area contributed by atoms with E-state index in [1.54, 1.807) is 30.3 Å². The third-order valence-electron chi connectivity index (χ3n) is 7.65. The molecule has 5 rings (SSSR count). The smallest absolute Gasteiger partial charge is 0.335 e. The number of benzene rings is 3. The predicted octanol–water partition coefficient (Wildman–Crippen LogP) is 7.59. The predicted molar refractivity (Wildman–Crippen MR) is 140 cm³/mol. The van der Waals surface area contributed by atoms with Crippen molar-refractivity contribution in [2.75, 3.05) is 17.2 Å². The molecule has 0 amide bonds. The van der Waals surface area contributed by atoms with E-state index >= 15 is 0 Å². The van der Waals surface area contributed by atoms with Crippen LogP contribution >= 0.6 is 11.6 Å². The fourth-order valence-corrected chi connectivity index (χ4v) is 5.81. The summed E-state index contributed by atoms with van der Waals surface area (Å²) < 4.78 is 34.8. The SMILES string of the molecule is Cc1ccc(C(=O)O)cc1OCC(C1CCCCC1)C1(c2ccc(Cl)cc2)Nc2cc(F)c(F)cc2N1. The fraction of sp³-hybridized carbons (Fsp3) is 0.345. The maximum absolute atomic E-state index is 14.2. The molecule has 0 saturated heterocycles. The Kier molecular flexibility index (Phi) is 6.99. The van der Waals surface area contributed by atoms with Gasteiger partial charge >= 0.3 is 5.97 Å². The molecule has 3 N–H and O–H groups in total. The van der Waals surface area contributed by atoms with E-state index in [0.29, 0.717) is 22.1 Å². The molecule has 0 aromatic heterocycles. The molecule has 0 spiro atoms. The van der Waals surface area contributed by atoms with Gasteiger partial charge in [0.25, 0.3) is 0 Å². The van der Waals surface area contributed by atoms with Crippen molar-refractivity contribution in [2.24, 2.45) is 11.8 Å². The zero-order chi connectivity index (χ0) is 26.2. The van der Waals surface area contributed by atoms with Crippen LogP contribution in [0.15, 0.2) is 54.6 Å². The van der Waals surface area contributed by atoms with Gasteiger partial charge in [0, 0.05) is 23.1 Å². The molecule has 194 valence electrons. The Morgan fingerprint density at radius 2 is 1.65 bits per heavy atom. The molecule has 5 nitrogen and oxygen atoms in total. The summed E-state index contributed by atoms with van der Waals surface area (Å²) >= 11 is 6.21. The van der Waals surface area contributed by atoms with Gasteiger partial charge in [-0.25, -0.2) is 13.6 Å². The first-order valence-electron chi connectivity index (χ1n) is 12.5. The van der Waals surface area contributed by atoms with Crippen molar-refractivity contribution in [1.29, 1.82) is 0 Å². The van der Waals surface area contributed by atoms with Gasteiger partial charge in [0.05, 0.1) is 23.5 Å². The van der Waals surface area contributed by atoms with Crippen LogP contribution in [0.1, 0.15) is 53.6 Å². The molecule has 1 fully saturated rings. The lowest BCUT2D eigenvalue weighted by Gasteiger charge is -2.44.